The van der Waals surface area contributed by atoms with Gasteiger partial charge in [-0.1, -0.05) is 279 Å². The maximum Gasteiger partial charge on any atom is 0.331 e. The maximum atomic E-state index is 12.7. The van der Waals surface area contributed by atoms with Crippen LogP contribution in [0.4, 0.5) is 0 Å². The van der Waals surface area contributed by atoms with Gasteiger partial charge in [0.2, 0.25) is 0 Å². The fraction of sp³-hybridized carbons (Fsp3) is 0.585. The van der Waals surface area contributed by atoms with Crippen molar-refractivity contribution in [2.45, 2.75) is 489 Å². The first-order valence-corrected chi connectivity index (χ1v) is 53.3. The molecule has 0 rings (SSSR count). The molecule has 0 radical (unpaired) electrons. The number of hydrogen-bond acceptors (Lipinski definition) is 4. The molecule has 4 heteroatoms. The molecule has 0 saturated carbocycles. The van der Waals surface area contributed by atoms with E-state index < -0.39 is 0 Å². The van der Waals surface area contributed by atoms with Gasteiger partial charge in [0.1, 0.15) is 13.2 Å². The lowest BCUT2D eigenvalue weighted by molar-refractivity contribution is -0.137. The fourth-order valence-electron chi connectivity index (χ4n) is 15.9. The molecular formula is C130H206O4. The van der Waals surface area contributed by atoms with Gasteiger partial charge < -0.3 is 9.47 Å². The first-order valence-electron chi connectivity index (χ1n) is 53.3. The highest BCUT2D eigenvalue weighted by Gasteiger charge is 2.08. The van der Waals surface area contributed by atoms with Crippen molar-refractivity contribution in [1.82, 2.24) is 0 Å². The van der Waals surface area contributed by atoms with Crippen LogP contribution in [0.2, 0.25) is 0 Å². The van der Waals surface area contributed by atoms with Crippen LogP contribution in [0.25, 0.3) is 0 Å². The minimum Gasteiger partial charge on any atom is -0.458 e. The third kappa shape index (κ3) is 84.7. The number of ether oxygens (including phenoxy) is 2. The van der Waals surface area contributed by atoms with Crippen molar-refractivity contribution in [3.63, 3.8) is 0 Å². The summed E-state index contributed by atoms with van der Waals surface area (Å²) in [6.45, 7) is 63.3. The highest BCUT2D eigenvalue weighted by atomic mass is 16.5. The number of carbonyl (C=O) groups excluding carboxylic acids is 2. The summed E-state index contributed by atoms with van der Waals surface area (Å²) in [6, 6.07) is 0. The van der Waals surface area contributed by atoms with E-state index in [0.29, 0.717) is 13.2 Å². The van der Waals surface area contributed by atoms with Crippen LogP contribution in [0.3, 0.4) is 0 Å². The Morgan fingerprint density at radius 1 is 0.134 bits per heavy atom. The SMILES string of the molecule is CC(C)=CCC/C(C)=C/CC/C(C)=C/CC/C(C)=C\CC/C(C)=C\CC/C(C)=C\CC/C(C)=C\CC/C(C)=C\CC/C(C)=C\C(=O)OC/C=C(/C)CC/C=C(/C)CC/C=C(/C)CC/C=C(/C)CC/C=C(/C)CC/C=C(\C)CC/C=C(\C)CC/C=C(\C)COC(=O)/C=C(/C)CC/C=C(/C)CC/C=C(/C)CC/C=C(/C)CC/C=C(/C)CC/C=C(/C)CC/C=C(\C)CC/C=C(\C)CCC=C(C)C. The molecule has 0 fully saturated rings. The molecule has 0 unspecified atom stereocenters. The highest BCUT2D eigenvalue weighted by Crippen LogP contribution is 2.25. The molecule has 0 aliphatic rings. The monoisotopic (exact) mass is 1830 g/mol. The van der Waals surface area contributed by atoms with E-state index in [1.165, 1.54) is 154 Å². The Bertz CT molecular complexity index is 4220. The van der Waals surface area contributed by atoms with Gasteiger partial charge >= 0.3 is 11.9 Å². The Kier molecular flexibility index (Phi) is 78.5. The largest absolute Gasteiger partial charge is 0.458 e. The average Bonchev–Trinajstić information content (AvgIpc) is 0.973. The third-order valence-corrected chi connectivity index (χ3v) is 25.7. The standard InChI is InChI=1S/C130H206O4/c1-103(2)52-29-54-105(5)56-31-58-107(7)60-33-62-109(9)64-35-66-111(11)68-37-71-114(14)75-41-79-118(18)83-45-87-122(22)91-49-95-126(26)100-129(131)133-99-98-125(25)94-48-90-121(21)86-44-82-117(17)78-40-74-113(13)70-39-73-116(16)77-43-81-120(20)85-47-89-124(24)93-51-97-128(28)102-134-130(132)101-127(27)96-50-92-123(23)88-46-84-119(19)80-42-76-115(15)72-38-69-112(12)67-36-65-110(10)63-34-61-108(8)59-32-57-106(6)55-30-53-104(3)4/h52-53,56-57,60-61,64-65,68-69,73-76,81-84,89-92,97-98,100-101H,29-51,54-55,58-59,62-63,66-67,70-72,77-80,85-88,93-96,99,102H2,1-28H3/b105-56+,106-57+,107-60+,108-61+,109-64-,110-65-,111-68-,112-69-,113-74-,114-75-,115-76-,116-73-,117-82-,118-83-,119-84-,120-81+,121-90-,122-91-,123-92-,124-89+,125-98-,126-100-,127-101-,128-97+. The molecule has 0 amide bonds. The predicted molar refractivity (Wildman–Crippen MR) is 603 cm³/mol. The number of rotatable bonds is 75. The molecule has 0 aromatic rings. The second kappa shape index (κ2) is 83.4. The Labute approximate surface area is 830 Å². The molecule has 0 atom stereocenters. The molecule has 0 bridgehead atoms. The molecular weight excluding hydrogens is 1630 g/mol. The van der Waals surface area contributed by atoms with Crippen molar-refractivity contribution in [1.29, 1.82) is 0 Å². The zero-order valence-electron chi connectivity index (χ0n) is 92.6. The second-order valence-electron chi connectivity index (χ2n) is 41.3. The number of carbonyl (C=O) groups is 2. The van der Waals surface area contributed by atoms with Gasteiger partial charge in [-0.15, -0.1) is 0 Å². The average molecular weight is 1830 g/mol. The van der Waals surface area contributed by atoms with Gasteiger partial charge in [-0.25, -0.2) is 9.59 Å². The molecule has 0 aromatic heterocycles. The van der Waals surface area contributed by atoms with E-state index in [1.54, 1.807) is 12.2 Å². The molecule has 0 spiro atoms. The van der Waals surface area contributed by atoms with Gasteiger partial charge in [0.05, 0.1) is 0 Å². The number of allylic oxidation sites excluding steroid dienone is 48. The summed E-state index contributed by atoms with van der Waals surface area (Å²) in [6.07, 6.45) is 111. The lowest BCUT2D eigenvalue weighted by atomic mass is 10.0. The molecule has 0 N–H and O–H groups in total. The minimum atomic E-state index is -0.253. The molecule has 0 saturated heterocycles. The van der Waals surface area contributed by atoms with E-state index in [4.69, 9.17) is 9.47 Å². The van der Waals surface area contributed by atoms with Crippen LogP contribution >= 0.6 is 0 Å². The van der Waals surface area contributed by atoms with E-state index >= 15 is 0 Å². The van der Waals surface area contributed by atoms with Crippen molar-refractivity contribution >= 4 is 11.9 Å². The molecule has 0 heterocycles. The Balaban J connectivity index is 4.43. The summed E-state index contributed by atoms with van der Waals surface area (Å²) in [4.78, 5) is 25.4. The Hall–Kier alpha value is -7.82. The Morgan fingerprint density at radius 3 is 0.388 bits per heavy atom. The first-order chi connectivity index (χ1) is 63.9. The van der Waals surface area contributed by atoms with Crippen LogP contribution < -0.4 is 0 Å². The molecule has 0 aliphatic heterocycles. The van der Waals surface area contributed by atoms with E-state index in [-0.39, 0.29) is 11.9 Å². The maximum absolute atomic E-state index is 12.7. The van der Waals surface area contributed by atoms with Crippen molar-refractivity contribution in [3.05, 3.63) is 303 Å². The van der Waals surface area contributed by atoms with E-state index in [9.17, 15) is 9.59 Å². The van der Waals surface area contributed by atoms with Gasteiger partial charge in [-0.3, -0.25) is 0 Å². The Morgan fingerprint density at radius 2 is 0.246 bits per heavy atom. The third-order valence-electron chi connectivity index (χ3n) is 25.7. The van der Waals surface area contributed by atoms with E-state index in [2.05, 4.69) is 326 Å². The first kappa shape index (κ1) is 126. The highest BCUT2D eigenvalue weighted by molar-refractivity contribution is 5.83. The van der Waals surface area contributed by atoms with Crippen LogP contribution in [-0.2, 0) is 19.1 Å². The topological polar surface area (TPSA) is 52.6 Å². The smallest absolute Gasteiger partial charge is 0.331 e. The summed E-state index contributed by atoms with van der Waals surface area (Å²) in [5, 5.41) is 0. The van der Waals surface area contributed by atoms with Gasteiger partial charge in [0.25, 0.3) is 0 Å². The van der Waals surface area contributed by atoms with Crippen molar-refractivity contribution < 1.29 is 19.1 Å². The molecule has 750 valence electrons. The minimum absolute atomic E-state index is 0.249. The lowest BCUT2D eigenvalue weighted by Crippen LogP contribution is -2.04. The van der Waals surface area contributed by atoms with Crippen LogP contribution in [0.1, 0.15) is 489 Å². The van der Waals surface area contributed by atoms with E-state index in [0.717, 1.165) is 286 Å². The van der Waals surface area contributed by atoms with Gasteiger partial charge in [-0.2, -0.15) is 0 Å². The lowest BCUT2D eigenvalue weighted by Gasteiger charge is -2.05. The zero-order valence-corrected chi connectivity index (χ0v) is 92.6. The number of hydrogen-bond donors (Lipinski definition) is 0. The summed E-state index contributed by atoms with van der Waals surface area (Å²) in [5.41, 5.74) is 37.0. The van der Waals surface area contributed by atoms with Gasteiger partial charge in [-0.05, 0) is 501 Å². The summed E-state index contributed by atoms with van der Waals surface area (Å²) in [7, 11) is 0. The second-order valence-corrected chi connectivity index (χ2v) is 41.3. The molecule has 134 heavy (non-hydrogen) atoms. The quantitative estimate of drug-likeness (QED) is 0.0346. The molecule has 0 aromatic carbocycles. The molecule has 4 nitrogen and oxygen atoms in total. The van der Waals surface area contributed by atoms with Gasteiger partial charge in [0, 0.05) is 12.2 Å². The fourth-order valence-corrected chi connectivity index (χ4v) is 15.9. The summed E-state index contributed by atoms with van der Waals surface area (Å²) in [5.74, 6) is -0.501. The molecule has 0 aliphatic carbocycles. The van der Waals surface area contributed by atoms with Crippen LogP contribution in [0.5, 0.6) is 0 Å². The van der Waals surface area contributed by atoms with Crippen LogP contribution in [-0.4, -0.2) is 25.2 Å². The zero-order chi connectivity index (χ0) is 99.9. The van der Waals surface area contributed by atoms with Gasteiger partial charge in [0.15, 0.2) is 0 Å². The van der Waals surface area contributed by atoms with Crippen molar-refractivity contribution in [3.8, 4) is 0 Å². The summed E-state index contributed by atoms with van der Waals surface area (Å²) >= 11 is 0. The predicted octanol–water partition coefficient (Wildman–Crippen LogP) is 42.7. The van der Waals surface area contributed by atoms with Crippen molar-refractivity contribution in [2.75, 3.05) is 13.2 Å². The van der Waals surface area contributed by atoms with E-state index in [1.807, 2.05) is 13.8 Å². The van der Waals surface area contributed by atoms with Crippen LogP contribution in [0, 0.1) is 0 Å². The van der Waals surface area contributed by atoms with Crippen molar-refractivity contribution in [2.24, 2.45) is 0 Å². The van der Waals surface area contributed by atoms with Crippen LogP contribution in [0.15, 0.2) is 303 Å². The normalized spacial score (nSPS) is 15.0. The summed E-state index contributed by atoms with van der Waals surface area (Å²) < 4.78 is 11.2. The number of esters is 2.